The molecule has 0 radical (unpaired) electrons. The van der Waals surface area contributed by atoms with Gasteiger partial charge >= 0.3 is 0 Å². The number of carbonyl (C=O) groups is 1. The van der Waals surface area contributed by atoms with Crippen molar-refractivity contribution in [3.8, 4) is 0 Å². The van der Waals surface area contributed by atoms with Gasteiger partial charge in [-0.25, -0.2) is 4.84 Å². The van der Waals surface area contributed by atoms with Crippen molar-refractivity contribution in [2.45, 2.75) is 0 Å². The highest BCUT2D eigenvalue weighted by atomic mass is 17.1. The lowest BCUT2D eigenvalue weighted by Crippen LogP contribution is -2.29. The Morgan fingerprint density at radius 1 is 1.60 bits per heavy atom. The van der Waals surface area contributed by atoms with Crippen LogP contribution in [0, 0.1) is 0 Å². The molecule has 7 nitrogen and oxygen atoms in total. The number of nitrogens with zero attached hydrogens (tertiary/aromatic N) is 2. The lowest BCUT2D eigenvalue weighted by molar-refractivity contribution is -0.491. The molecule has 0 aromatic carbocycles. The van der Waals surface area contributed by atoms with Gasteiger partial charge in [0.15, 0.2) is 0 Å². The molecular weight excluding hydrogens is 202 g/mol. The van der Waals surface area contributed by atoms with E-state index >= 15 is 0 Å². The van der Waals surface area contributed by atoms with Crippen LogP contribution in [0.5, 0.6) is 0 Å². The van der Waals surface area contributed by atoms with Gasteiger partial charge in [-0.05, 0) is 12.1 Å². The third-order valence-corrected chi connectivity index (χ3v) is 1.52. The molecule has 15 heavy (non-hydrogen) atoms. The molecular formula is C8H11N3O4. The summed E-state index contributed by atoms with van der Waals surface area (Å²) in [6.07, 6.45) is 3.00. The van der Waals surface area contributed by atoms with Crippen molar-refractivity contribution < 1.29 is 20.0 Å². The molecule has 1 amide bonds. The molecule has 0 aliphatic rings. The lowest BCUT2D eigenvalue weighted by atomic mass is 10.3. The van der Waals surface area contributed by atoms with Crippen LogP contribution in [0.25, 0.3) is 0 Å². The summed E-state index contributed by atoms with van der Waals surface area (Å²) in [7, 11) is 0. The summed E-state index contributed by atoms with van der Waals surface area (Å²) >= 11 is 0. The minimum atomic E-state index is -0.407. The highest BCUT2D eigenvalue weighted by Gasteiger charge is 2.03. The summed E-state index contributed by atoms with van der Waals surface area (Å²) < 4.78 is 0. The van der Waals surface area contributed by atoms with Gasteiger partial charge in [0.1, 0.15) is 0 Å². The number of hydrogen-bond acceptors (Lipinski definition) is 6. The minimum Gasteiger partial charge on any atom is -0.350 e. The monoisotopic (exact) mass is 213 g/mol. The highest BCUT2D eigenvalue weighted by Crippen LogP contribution is 1.94. The molecule has 0 saturated heterocycles. The quantitative estimate of drug-likeness (QED) is 0.464. The van der Waals surface area contributed by atoms with Crippen LogP contribution in [0.15, 0.2) is 24.5 Å². The molecule has 0 spiro atoms. The first-order valence-electron chi connectivity index (χ1n) is 4.19. The number of carbonyl (C=O) groups excluding carboxylic acids is 1. The lowest BCUT2D eigenvalue weighted by Gasteiger charge is -2.07. The van der Waals surface area contributed by atoms with Gasteiger partial charge in [-0.2, -0.15) is 0 Å². The largest absolute Gasteiger partial charge is 0.350 e. The minimum absolute atomic E-state index is 0.0427. The fourth-order valence-electron chi connectivity index (χ4n) is 0.891. The fourth-order valence-corrected chi connectivity index (χ4v) is 0.891. The Kier molecular flexibility index (Phi) is 4.64. The number of aromatic nitrogens is 1. The Bertz CT molecular complexity index is 304. The Labute approximate surface area is 85.8 Å². The van der Waals surface area contributed by atoms with Crippen LogP contribution in [0.4, 0.5) is 0 Å². The van der Waals surface area contributed by atoms with Crippen LogP contribution >= 0.6 is 0 Å². The van der Waals surface area contributed by atoms with Crippen molar-refractivity contribution in [3.63, 3.8) is 0 Å². The van der Waals surface area contributed by atoms with E-state index in [0.717, 1.165) is 0 Å². The summed E-state index contributed by atoms with van der Waals surface area (Å²) in [6.45, 7) is 0.115. The number of nitrogens with one attached hydrogen (secondary N) is 1. The van der Waals surface area contributed by atoms with Crippen LogP contribution < -0.4 is 5.32 Å². The summed E-state index contributed by atoms with van der Waals surface area (Å²) in [6, 6.07) is 3.27. The molecule has 0 aliphatic carbocycles. The molecule has 0 aliphatic heterocycles. The maximum absolute atomic E-state index is 11.3. The average Bonchev–Trinajstić information content (AvgIpc) is 2.25. The van der Waals surface area contributed by atoms with Crippen LogP contribution in [0.1, 0.15) is 10.4 Å². The molecule has 0 bridgehead atoms. The molecule has 0 atom stereocenters. The Hall–Kier alpha value is -1.54. The van der Waals surface area contributed by atoms with Gasteiger partial charge in [0, 0.05) is 18.9 Å². The van der Waals surface area contributed by atoms with Crippen LogP contribution in [-0.4, -0.2) is 39.8 Å². The summed E-state index contributed by atoms with van der Waals surface area (Å²) in [5.74, 6) is -0.297. The van der Waals surface area contributed by atoms with Crippen LogP contribution in [0.3, 0.4) is 0 Å². The Morgan fingerprint density at radius 2 is 2.40 bits per heavy atom. The maximum atomic E-state index is 11.3. The molecule has 1 rings (SSSR count). The predicted octanol–water partition coefficient (Wildman–Crippen LogP) is -0.177. The van der Waals surface area contributed by atoms with Gasteiger partial charge in [-0.1, -0.05) is 0 Å². The molecule has 7 heteroatoms. The number of pyridine rings is 1. The molecule has 0 saturated carbocycles. The van der Waals surface area contributed by atoms with Crippen LogP contribution in [0.2, 0.25) is 0 Å². The fraction of sp³-hybridized carbons (Fsp3) is 0.250. The highest BCUT2D eigenvalue weighted by molar-refractivity contribution is 5.93. The molecule has 1 heterocycles. The zero-order valence-electron chi connectivity index (χ0n) is 7.83. The molecule has 1 aromatic rings. The molecule has 1 aromatic heterocycles. The van der Waals surface area contributed by atoms with Gasteiger partial charge in [0.25, 0.3) is 5.91 Å². The first-order valence-corrected chi connectivity index (χ1v) is 4.19. The van der Waals surface area contributed by atoms with Crippen molar-refractivity contribution >= 4 is 5.91 Å². The average molecular weight is 213 g/mol. The summed E-state index contributed by atoms with van der Waals surface area (Å²) in [5.41, 5.74) is 0.433. The van der Waals surface area contributed by atoms with E-state index in [0.29, 0.717) is 5.56 Å². The SMILES string of the molecule is O=C(NCCON(O)O)c1cccnc1. The van der Waals surface area contributed by atoms with E-state index in [1.54, 1.807) is 18.3 Å². The van der Waals surface area contributed by atoms with Gasteiger partial charge in [-0.3, -0.25) is 20.2 Å². The van der Waals surface area contributed by atoms with Crippen molar-refractivity contribution in [1.82, 2.24) is 15.7 Å². The second-order valence-corrected chi connectivity index (χ2v) is 2.58. The maximum Gasteiger partial charge on any atom is 0.252 e. The Balaban J connectivity index is 2.25. The van der Waals surface area contributed by atoms with Gasteiger partial charge < -0.3 is 5.32 Å². The number of rotatable bonds is 5. The zero-order valence-corrected chi connectivity index (χ0v) is 7.83. The molecule has 0 unspecified atom stereocenters. The van der Waals surface area contributed by atoms with Crippen molar-refractivity contribution in [1.29, 1.82) is 0 Å². The van der Waals surface area contributed by atoms with Crippen molar-refractivity contribution in [2.24, 2.45) is 0 Å². The second kappa shape index (κ2) is 6.04. The third kappa shape index (κ3) is 4.47. The molecule has 82 valence electrons. The van der Waals surface area contributed by atoms with E-state index in [1.165, 1.54) is 6.20 Å². The number of amides is 1. The topological polar surface area (TPSA) is 94.9 Å². The predicted molar refractivity (Wildman–Crippen MR) is 47.9 cm³/mol. The number of hydrogen-bond donors (Lipinski definition) is 3. The van der Waals surface area contributed by atoms with E-state index in [2.05, 4.69) is 15.1 Å². The summed E-state index contributed by atoms with van der Waals surface area (Å²) in [4.78, 5) is 19.4. The van der Waals surface area contributed by atoms with E-state index < -0.39 is 5.39 Å². The second-order valence-electron chi connectivity index (χ2n) is 2.58. The molecule has 3 N–H and O–H groups in total. The van der Waals surface area contributed by atoms with Gasteiger partial charge in [-0.15, -0.1) is 0 Å². The normalized spacial score (nSPS) is 10.3. The standard InChI is InChI=1S/C8H11N3O4/c12-8(7-2-1-3-9-6-7)10-4-5-15-11(13)14/h1-3,6,13-14H,4-5H2,(H,10,12). The Morgan fingerprint density at radius 3 is 3.00 bits per heavy atom. The third-order valence-electron chi connectivity index (χ3n) is 1.52. The van der Waals surface area contributed by atoms with Crippen molar-refractivity contribution in [3.05, 3.63) is 30.1 Å². The van der Waals surface area contributed by atoms with Gasteiger partial charge in [0.2, 0.25) is 0 Å². The van der Waals surface area contributed by atoms with Gasteiger partial charge in [0.05, 0.1) is 17.6 Å². The first-order chi connectivity index (χ1) is 7.20. The first kappa shape index (κ1) is 11.5. The van der Waals surface area contributed by atoms with E-state index in [1.807, 2.05) is 0 Å². The van der Waals surface area contributed by atoms with Crippen molar-refractivity contribution in [2.75, 3.05) is 13.2 Å². The van der Waals surface area contributed by atoms with E-state index in [-0.39, 0.29) is 19.1 Å². The van der Waals surface area contributed by atoms with E-state index in [9.17, 15) is 4.79 Å². The van der Waals surface area contributed by atoms with Crippen LogP contribution in [-0.2, 0) is 4.84 Å². The summed E-state index contributed by atoms with van der Waals surface area (Å²) in [5, 5.41) is 18.5. The van der Waals surface area contributed by atoms with E-state index in [4.69, 9.17) is 10.4 Å². The molecule has 0 fully saturated rings. The zero-order chi connectivity index (χ0) is 11.1. The smallest absolute Gasteiger partial charge is 0.252 e.